The van der Waals surface area contributed by atoms with Gasteiger partial charge in [-0.3, -0.25) is 4.79 Å². The summed E-state index contributed by atoms with van der Waals surface area (Å²) in [6.45, 7) is 0. The van der Waals surface area contributed by atoms with Gasteiger partial charge in [-0.1, -0.05) is 11.3 Å². The van der Waals surface area contributed by atoms with Crippen molar-refractivity contribution in [3.63, 3.8) is 0 Å². The lowest BCUT2D eigenvalue weighted by atomic mass is 9.93. The van der Waals surface area contributed by atoms with Gasteiger partial charge in [-0.25, -0.2) is 4.37 Å². The highest BCUT2D eigenvalue weighted by atomic mass is 32.2. The molecule has 0 spiro atoms. The molecule has 3 aromatic rings. The predicted molar refractivity (Wildman–Crippen MR) is 95.2 cm³/mol. The summed E-state index contributed by atoms with van der Waals surface area (Å²) in [5, 5.41) is 4.63. The van der Waals surface area contributed by atoms with Crippen molar-refractivity contribution in [2.45, 2.75) is 17.1 Å². The monoisotopic (exact) mass is 381 g/mol. The Bertz CT molecular complexity index is 867. The fraction of sp³-hybridized carbons (Fsp3) is 0.214. The van der Waals surface area contributed by atoms with Gasteiger partial charge in [0.25, 0.3) is 5.91 Å². The minimum atomic E-state index is -1.14. The van der Waals surface area contributed by atoms with Gasteiger partial charge in [-0.15, -0.1) is 0 Å². The minimum absolute atomic E-state index is 0.179. The Balaban J connectivity index is 1.80. The van der Waals surface area contributed by atoms with Gasteiger partial charge < -0.3 is 9.87 Å². The maximum Gasteiger partial charge on any atom is 0.267 e. The van der Waals surface area contributed by atoms with Crippen molar-refractivity contribution < 1.29 is 9.35 Å². The van der Waals surface area contributed by atoms with E-state index < -0.39 is 11.2 Å². The van der Waals surface area contributed by atoms with E-state index in [1.165, 1.54) is 40.0 Å². The zero-order chi connectivity index (χ0) is 16.0. The van der Waals surface area contributed by atoms with Gasteiger partial charge >= 0.3 is 0 Å². The van der Waals surface area contributed by atoms with Crippen molar-refractivity contribution in [1.29, 1.82) is 0 Å². The molecule has 5 nitrogen and oxygen atoms in total. The summed E-state index contributed by atoms with van der Waals surface area (Å²) in [7, 11) is 0. The standard InChI is InChI=1S/C14H11N3O2S4/c1-23(19)14-10-8(3-2-7-6-15-22-11(7)10)12(21-14)13(18)16-9-4-5-20-17-9/h4-6H,2-3H2,1H3,(H,16,17,18). The zero-order valence-corrected chi connectivity index (χ0v) is 15.3. The second-order valence-electron chi connectivity index (χ2n) is 5.05. The third-order valence-corrected chi connectivity index (χ3v) is 7.76. The number of aryl methyl sites for hydroxylation is 1. The zero-order valence-electron chi connectivity index (χ0n) is 12.0. The molecule has 1 amide bonds. The number of carbonyl (C=O) groups excluding carboxylic acids is 1. The Morgan fingerprint density at radius 3 is 3.04 bits per heavy atom. The number of carbonyl (C=O) groups is 1. The van der Waals surface area contributed by atoms with Crippen LogP contribution in [0.25, 0.3) is 10.4 Å². The van der Waals surface area contributed by atoms with E-state index in [1.54, 1.807) is 12.3 Å². The Kier molecular flexibility index (Phi) is 3.98. The number of amides is 1. The molecule has 0 radical (unpaired) electrons. The molecule has 1 unspecified atom stereocenters. The summed E-state index contributed by atoms with van der Waals surface area (Å²) < 4.78 is 21.3. The van der Waals surface area contributed by atoms with Crippen LogP contribution in [-0.2, 0) is 24.0 Å². The van der Waals surface area contributed by atoms with Gasteiger partial charge in [0, 0.05) is 11.6 Å². The third kappa shape index (κ3) is 2.62. The van der Waals surface area contributed by atoms with E-state index in [-0.39, 0.29) is 5.91 Å². The molecular formula is C14H11N3O2S4. The largest absolute Gasteiger partial charge is 0.611 e. The number of rotatable bonds is 3. The number of fused-ring (bicyclic) bond motifs is 3. The van der Waals surface area contributed by atoms with Crippen molar-refractivity contribution in [2.75, 3.05) is 11.6 Å². The smallest absolute Gasteiger partial charge is 0.267 e. The summed E-state index contributed by atoms with van der Waals surface area (Å²) in [6, 6.07) is 1.77. The molecule has 0 aromatic carbocycles. The van der Waals surface area contributed by atoms with Crippen LogP contribution >= 0.6 is 34.4 Å². The molecule has 3 heterocycles. The average Bonchev–Trinajstić information content (AvgIpc) is 3.24. The van der Waals surface area contributed by atoms with E-state index in [9.17, 15) is 9.35 Å². The first kappa shape index (κ1) is 15.3. The number of thiophene rings is 1. The first-order chi connectivity index (χ1) is 11.1. The van der Waals surface area contributed by atoms with Crippen LogP contribution in [0, 0.1) is 0 Å². The van der Waals surface area contributed by atoms with E-state index in [0.717, 1.165) is 33.1 Å². The maximum absolute atomic E-state index is 12.6. The topological polar surface area (TPSA) is 77.9 Å². The van der Waals surface area contributed by atoms with Crippen LogP contribution in [0.4, 0.5) is 5.82 Å². The molecule has 1 aliphatic carbocycles. The first-order valence-corrected chi connectivity index (χ1v) is 10.8. The second-order valence-corrected chi connectivity index (χ2v) is 9.11. The van der Waals surface area contributed by atoms with Crippen molar-refractivity contribution in [1.82, 2.24) is 8.75 Å². The summed E-state index contributed by atoms with van der Waals surface area (Å²) >= 11 is 2.88. The Hall–Kier alpha value is -1.26. The lowest BCUT2D eigenvalue weighted by Gasteiger charge is -2.13. The molecule has 3 aromatic heterocycles. The number of aromatic nitrogens is 2. The van der Waals surface area contributed by atoms with E-state index in [1.807, 2.05) is 11.6 Å². The Morgan fingerprint density at radius 1 is 1.43 bits per heavy atom. The average molecular weight is 382 g/mol. The quantitative estimate of drug-likeness (QED) is 0.705. The van der Waals surface area contributed by atoms with Crippen LogP contribution in [-0.4, -0.2) is 25.5 Å². The van der Waals surface area contributed by atoms with Gasteiger partial charge in [0.2, 0.25) is 4.21 Å². The van der Waals surface area contributed by atoms with Gasteiger partial charge in [-0.05, 0) is 64.3 Å². The Morgan fingerprint density at radius 2 is 2.30 bits per heavy atom. The predicted octanol–water partition coefficient (Wildman–Crippen LogP) is 3.42. The van der Waals surface area contributed by atoms with Gasteiger partial charge in [-0.2, -0.15) is 4.37 Å². The number of anilines is 1. The number of nitrogens with one attached hydrogen (secondary N) is 1. The molecule has 0 saturated carbocycles. The highest BCUT2D eigenvalue weighted by Crippen LogP contribution is 2.46. The van der Waals surface area contributed by atoms with Crippen molar-refractivity contribution in [3.8, 4) is 10.4 Å². The fourth-order valence-corrected chi connectivity index (χ4v) is 6.34. The lowest BCUT2D eigenvalue weighted by Crippen LogP contribution is -2.13. The van der Waals surface area contributed by atoms with Gasteiger partial charge in [0.05, 0.1) is 10.4 Å². The molecule has 9 heteroatoms. The molecule has 0 saturated heterocycles. The normalized spacial score (nSPS) is 14.2. The number of nitrogens with zero attached hydrogens (tertiary/aromatic N) is 2. The van der Waals surface area contributed by atoms with Crippen LogP contribution < -0.4 is 5.32 Å². The molecular weight excluding hydrogens is 370 g/mol. The molecule has 23 heavy (non-hydrogen) atoms. The number of hydrogen-bond acceptors (Lipinski definition) is 7. The molecule has 4 rings (SSSR count). The SMILES string of the molecule is C[S+]([O-])c1sc(C(=O)Nc2ccsn2)c2c1-c1sncc1CC2. The molecule has 0 aliphatic heterocycles. The van der Waals surface area contributed by atoms with Crippen LogP contribution in [0.5, 0.6) is 0 Å². The summed E-state index contributed by atoms with van der Waals surface area (Å²) in [5.41, 5.74) is 3.13. The van der Waals surface area contributed by atoms with Crippen LogP contribution in [0.15, 0.2) is 21.9 Å². The van der Waals surface area contributed by atoms with Crippen molar-refractivity contribution in [3.05, 3.63) is 33.6 Å². The highest BCUT2D eigenvalue weighted by Gasteiger charge is 2.33. The van der Waals surface area contributed by atoms with Crippen LogP contribution in [0.3, 0.4) is 0 Å². The van der Waals surface area contributed by atoms with Crippen molar-refractivity contribution in [2.24, 2.45) is 0 Å². The number of hydrogen-bond donors (Lipinski definition) is 1. The third-order valence-electron chi connectivity index (χ3n) is 3.64. The first-order valence-electron chi connectivity index (χ1n) is 6.80. The van der Waals surface area contributed by atoms with Crippen LogP contribution in [0.2, 0.25) is 0 Å². The second kappa shape index (κ2) is 5.99. The van der Waals surface area contributed by atoms with Crippen LogP contribution in [0.1, 0.15) is 20.8 Å². The van der Waals surface area contributed by atoms with E-state index in [0.29, 0.717) is 10.7 Å². The van der Waals surface area contributed by atoms with E-state index in [2.05, 4.69) is 14.1 Å². The maximum atomic E-state index is 12.6. The Labute approximate surface area is 147 Å². The highest BCUT2D eigenvalue weighted by molar-refractivity contribution is 7.93. The minimum Gasteiger partial charge on any atom is -0.611 e. The molecule has 1 atom stereocenters. The van der Waals surface area contributed by atoms with Gasteiger partial charge in [0.1, 0.15) is 17.0 Å². The molecule has 1 N–H and O–H groups in total. The van der Waals surface area contributed by atoms with Gasteiger partial charge in [0.15, 0.2) is 0 Å². The van der Waals surface area contributed by atoms with E-state index >= 15 is 0 Å². The fourth-order valence-electron chi connectivity index (χ4n) is 2.65. The molecule has 1 aliphatic rings. The van der Waals surface area contributed by atoms with Crippen molar-refractivity contribution >= 4 is 57.3 Å². The summed E-state index contributed by atoms with van der Waals surface area (Å²) in [5.74, 6) is 0.373. The molecule has 0 bridgehead atoms. The summed E-state index contributed by atoms with van der Waals surface area (Å²) in [6.07, 6.45) is 5.16. The lowest BCUT2D eigenvalue weighted by molar-refractivity contribution is 0.102. The van der Waals surface area contributed by atoms with E-state index in [4.69, 9.17) is 0 Å². The molecule has 0 fully saturated rings. The summed E-state index contributed by atoms with van der Waals surface area (Å²) in [4.78, 5) is 14.3. The molecule has 118 valence electrons.